The van der Waals surface area contributed by atoms with Crippen LogP contribution in [0.3, 0.4) is 0 Å². The van der Waals surface area contributed by atoms with Crippen molar-refractivity contribution in [2.24, 2.45) is 0 Å². The molecule has 0 saturated carbocycles. The zero-order chi connectivity index (χ0) is 7.82. The van der Waals surface area contributed by atoms with Gasteiger partial charge in [-0.25, -0.2) is 0 Å². The van der Waals surface area contributed by atoms with Crippen LogP contribution in [0.15, 0.2) is 12.3 Å². The maximum atomic E-state index is 5.60. The zero-order valence-corrected chi connectivity index (χ0v) is 8.25. The molecule has 0 aromatic carbocycles. The Morgan fingerprint density at radius 3 is 2.50 bits per heavy atom. The molecule has 0 aliphatic rings. The molecule has 0 radical (unpaired) electrons. The molecule has 0 bridgehead atoms. The molecule has 0 saturated heterocycles. The number of rotatable bonds is 6. The third kappa shape index (κ3) is 4.76. The molecule has 0 aromatic rings. The van der Waals surface area contributed by atoms with E-state index in [-0.39, 0.29) is 0 Å². The van der Waals surface area contributed by atoms with E-state index in [4.69, 9.17) is 4.43 Å². The van der Waals surface area contributed by atoms with Crippen molar-refractivity contribution in [3.8, 4) is 0 Å². The van der Waals surface area contributed by atoms with Crippen molar-refractivity contribution in [1.29, 1.82) is 0 Å². The van der Waals surface area contributed by atoms with Crippen LogP contribution in [0.5, 0.6) is 0 Å². The maximum Gasteiger partial charge on any atom is 0.200 e. The summed E-state index contributed by atoms with van der Waals surface area (Å²) in [5.74, 6) is 0. The second-order valence-corrected chi connectivity index (χ2v) is 4.89. The molecule has 0 aromatic heterocycles. The van der Waals surface area contributed by atoms with Crippen LogP contribution in [0.2, 0.25) is 6.04 Å². The van der Waals surface area contributed by atoms with Gasteiger partial charge in [-0.1, -0.05) is 26.0 Å². The lowest BCUT2D eigenvalue weighted by atomic mass is 10.5. The van der Waals surface area contributed by atoms with Gasteiger partial charge in [-0.05, 0) is 12.5 Å². The Bertz CT molecular complexity index is 83.3. The predicted molar refractivity (Wildman–Crippen MR) is 48.7 cm³/mol. The second kappa shape index (κ2) is 7.03. The molecule has 60 valence electrons. The minimum Gasteiger partial charge on any atom is -0.416 e. The average Bonchev–Trinajstić information content (AvgIpc) is 1.98. The van der Waals surface area contributed by atoms with Gasteiger partial charge in [0.2, 0.25) is 9.04 Å². The molecule has 0 aliphatic carbocycles. The van der Waals surface area contributed by atoms with E-state index < -0.39 is 9.04 Å². The summed E-state index contributed by atoms with van der Waals surface area (Å²) in [6, 6.07) is 1.24. The van der Waals surface area contributed by atoms with Gasteiger partial charge in [0, 0.05) is 6.61 Å². The van der Waals surface area contributed by atoms with Crippen molar-refractivity contribution in [2.75, 3.05) is 6.61 Å². The van der Waals surface area contributed by atoms with E-state index in [9.17, 15) is 0 Å². The highest BCUT2D eigenvalue weighted by Gasteiger charge is 2.03. The molecule has 0 spiro atoms. The van der Waals surface area contributed by atoms with Crippen LogP contribution in [-0.4, -0.2) is 15.6 Å². The zero-order valence-electron chi connectivity index (χ0n) is 7.10. The normalized spacial score (nSPS) is 13.0. The minimum atomic E-state index is -0.967. The van der Waals surface area contributed by atoms with E-state index in [0.717, 1.165) is 13.0 Å². The fraction of sp³-hybridized carbons (Fsp3) is 0.750. The van der Waals surface area contributed by atoms with Crippen LogP contribution in [0, 0.1) is 0 Å². The van der Waals surface area contributed by atoms with Crippen LogP contribution < -0.4 is 0 Å². The molecule has 1 nitrogen and oxygen atoms in total. The molecular weight excluding hydrogens is 140 g/mol. The van der Waals surface area contributed by atoms with Gasteiger partial charge in [0.15, 0.2) is 0 Å². The van der Waals surface area contributed by atoms with E-state index in [1.165, 1.54) is 12.5 Å². The Labute approximate surface area is 65.8 Å². The molecular formula is C8H18OSi. The van der Waals surface area contributed by atoms with E-state index >= 15 is 0 Å². The highest BCUT2D eigenvalue weighted by molar-refractivity contribution is 6.57. The predicted octanol–water partition coefficient (Wildman–Crippen LogP) is 2.27. The quantitative estimate of drug-likeness (QED) is 0.539. The van der Waals surface area contributed by atoms with Crippen molar-refractivity contribution in [1.82, 2.24) is 0 Å². The standard InChI is InChI=1S/C8H18OSi/c1-4-7-9-10(6-3)8-5-2/h6,10H,3-5,7-8H2,1-2H3. The van der Waals surface area contributed by atoms with Gasteiger partial charge in [0.25, 0.3) is 0 Å². The van der Waals surface area contributed by atoms with Gasteiger partial charge in [0.1, 0.15) is 0 Å². The van der Waals surface area contributed by atoms with Crippen molar-refractivity contribution in [3.05, 3.63) is 12.3 Å². The third-order valence-electron chi connectivity index (χ3n) is 1.37. The third-order valence-corrected chi connectivity index (χ3v) is 3.71. The summed E-state index contributed by atoms with van der Waals surface area (Å²) in [5.41, 5.74) is 2.03. The SMILES string of the molecule is C=C[SiH](CCC)OCCC. The monoisotopic (exact) mass is 158 g/mol. The summed E-state index contributed by atoms with van der Waals surface area (Å²) in [5, 5.41) is 0. The van der Waals surface area contributed by atoms with E-state index in [2.05, 4.69) is 20.4 Å². The van der Waals surface area contributed by atoms with E-state index in [0.29, 0.717) is 0 Å². The molecule has 2 heteroatoms. The topological polar surface area (TPSA) is 9.23 Å². The molecule has 0 aliphatic heterocycles. The summed E-state index contributed by atoms with van der Waals surface area (Å²) >= 11 is 0. The van der Waals surface area contributed by atoms with Gasteiger partial charge in [-0.3, -0.25) is 0 Å². The minimum absolute atomic E-state index is 0.920. The van der Waals surface area contributed by atoms with Crippen molar-refractivity contribution < 1.29 is 4.43 Å². The van der Waals surface area contributed by atoms with E-state index in [1.807, 2.05) is 5.70 Å². The Kier molecular flexibility index (Phi) is 6.97. The molecule has 1 unspecified atom stereocenters. The maximum absolute atomic E-state index is 5.60. The summed E-state index contributed by atoms with van der Waals surface area (Å²) < 4.78 is 5.60. The van der Waals surface area contributed by atoms with Crippen LogP contribution in [-0.2, 0) is 4.43 Å². The summed E-state index contributed by atoms with van der Waals surface area (Å²) in [6.07, 6.45) is 2.35. The highest BCUT2D eigenvalue weighted by atomic mass is 28.3. The van der Waals surface area contributed by atoms with E-state index in [1.54, 1.807) is 0 Å². The second-order valence-electron chi connectivity index (χ2n) is 2.43. The fourth-order valence-corrected chi connectivity index (χ4v) is 2.47. The first kappa shape index (κ1) is 9.92. The fourth-order valence-electron chi connectivity index (χ4n) is 0.823. The number of hydrogen-bond acceptors (Lipinski definition) is 1. The lowest BCUT2D eigenvalue weighted by Gasteiger charge is -2.09. The van der Waals surface area contributed by atoms with Crippen LogP contribution in [0.1, 0.15) is 26.7 Å². The summed E-state index contributed by atoms with van der Waals surface area (Å²) in [4.78, 5) is 0. The lowest BCUT2D eigenvalue weighted by Crippen LogP contribution is -2.14. The highest BCUT2D eigenvalue weighted by Crippen LogP contribution is 1.99. The van der Waals surface area contributed by atoms with Gasteiger partial charge in [-0.15, -0.1) is 6.58 Å². The number of hydrogen-bond donors (Lipinski definition) is 0. The molecule has 0 rings (SSSR count). The van der Waals surface area contributed by atoms with Gasteiger partial charge in [0.05, 0.1) is 0 Å². The lowest BCUT2D eigenvalue weighted by molar-refractivity contribution is 0.324. The molecule has 0 N–H and O–H groups in total. The molecule has 0 fully saturated rings. The van der Waals surface area contributed by atoms with Crippen LogP contribution in [0.25, 0.3) is 0 Å². The Morgan fingerprint density at radius 1 is 1.40 bits per heavy atom. The van der Waals surface area contributed by atoms with Crippen molar-refractivity contribution >= 4 is 9.04 Å². The Hall–Kier alpha value is -0.0831. The summed E-state index contributed by atoms with van der Waals surface area (Å²) in [6.45, 7) is 9.02. The first-order valence-corrected chi connectivity index (χ1v) is 6.04. The Morgan fingerprint density at radius 2 is 2.10 bits per heavy atom. The molecule has 1 atom stereocenters. The van der Waals surface area contributed by atoms with Gasteiger partial charge >= 0.3 is 0 Å². The van der Waals surface area contributed by atoms with Crippen molar-refractivity contribution in [3.63, 3.8) is 0 Å². The average molecular weight is 158 g/mol. The summed E-state index contributed by atoms with van der Waals surface area (Å²) in [7, 11) is -0.967. The molecule has 0 heterocycles. The van der Waals surface area contributed by atoms with Crippen molar-refractivity contribution in [2.45, 2.75) is 32.7 Å². The van der Waals surface area contributed by atoms with Gasteiger partial charge in [-0.2, -0.15) is 0 Å². The first-order chi connectivity index (χ1) is 4.85. The molecule has 10 heavy (non-hydrogen) atoms. The first-order valence-electron chi connectivity index (χ1n) is 4.09. The smallest absolute Gasteiger partial charge is 0.200 e. The Balaban J connectivity index is 3.29. The molecule has 0 amide bonds. The van der Waals surface area contributed by atoms with Crippen LogP contribution in [0.4, 0.5) is 0 Å². The van der Waals surface area contributed by atoms with Gasteiger partial charge < -0.3 is 4.43 Å². The largest absolute Gasteiger partial charge is 0.416 e. The van der Waals surface area contributed by atoms with Crippen LogP contribution >= 0.6 is 0 Å².